The number of likely N-dealkylation sites (tertiary alicyclic amines) is 1. The molecular formula is C17H16INO2. The topological polar surface area (TPSA) is 37.4 Å². The maximum Gasteiger partial charge on any atom is 0.234 e. The Balaban J connectivity index is 1.61. The van der Waals surface area contributed by atoms with E-state index in [0.717, 1.165) is 22.0 Å². The van der Waals surface area contributed by atoms with Crippen LogP contribution in [-0.4, -0.2) is 16.7 Å². The van der Waals surface area contributed by atoms with Crippen LogP contribution in [-0.2, 0) is 16.1 Å². The number of hydrogen-bond acceptors (Lipinski definition) is 2. The Morgan fingerprint density at radius 3 is 1.95 bits per heavy atom. The smallest absolute Gasteiger partial charge is 0.234 e. The molecule has 2 fully saturated rings. The van der Waals surface area contributed by atoms with Gasteiger partial charge in [-0.2, -0.15) is 0 Å². The monoisotopic (exact) mass is 393 g/mol. The van der Waals surface area contributed by atoms with Crippen LogP contribution in [0.3, 0.4) is 0 Å². The molecule has 3 aliphatic carbocycles. The van der Waals surface area contributed by atoms with Gasteiger partial charge in [0.15, 0.2) is 0 Å². The highest BCUT2D eigenvalue weighted by Crippen LogP contribution is 2.49. The molecular weight excluding hydrogens is 377 g/mol. The fourth-order valence-electron chi connectivity index (χ4n) is 4.06. The lowest BCUT2D eigenvalue weighted by molar-refractivity contribution is -0.140. The number of benzene rings is 1. The summed E-state index contributed by atoms with van der Waals surface area (Å²) < 4.78 is 1.16. The molecule has 1 aromatic carbocycles. The Morgan fingerprint density at radius 2 is 1.48 bits per heavy atom. The third-order valence-electron chi connectivity index (χ3n) is 5.10. The van der Waals surface area contributed by atoms with Gasteiger partial charge in [-0.25, -0.2) is 0 Å². The lowest BCUT2D eigenvalue weighted by Gasteiger charge is -2.38. The van der Waals surface area contributed by atoms with Crippen LogP contribution in [0.1, 0.15) is 18.4 Å². The number of carbonyl (C=O) groups is 2. The summed E-state index contributed by atoms with van der Waals surface area (Å²) in [7, 11) is 0. The van der Waals surface area contributed by atoms with Gasteiger partial charge in [0.2, 0.25) is 11.8 Å². The molecule has 3 nitrogen and oxygen atoms in total. The lowest BCUT2D eigenvalue weighted by atomic mass is 9.63. The van der Waals surface area contributed by atoms with Crippen molar-refractivity contribution in [3.8, 4) is 0 Å². The Hall–Kier alpha value is -1.17. The molecule has 2 amide bonds. The number of carbonyl (C=O) groups excluding carboxylic acids is 2. The molecule has 1 aliphatic heterocycles. The highest BCUT2D eigenvalue weighted by molar-refractivity contribution is 14.1. The number of amides is 2. The maximum absolute atomic E-state index is 12.7. The maximum atomic E-state index is 12.7. The van der Waals surface area contributed by atoms with Crippen molar-refractivity contribution in [2.75, 3.05) is 0 Å². The van der Waals surface area contributed by atoms with E-state index in [2.05, 4.69) is 34.7 Å². The summed E-state index contributed by atoms with van der Waals surface area (Å²) >= 11 is 2.25. The molecule has 4 atom stereocenters. The standard InChI is InChI=1S/C17H16INO2/c18-13-7-1-10(2-8-13)9-19-16(20)14-11-3-4-12(6-5-11)15(14)17(19)21/h1-4,7-8,11-12,14-15H,5-6,9H2. The molecule has 5 rings (SSSR count). The third-order valence-corrected chi connectivity index (χ3v) is 5.82. The molecule has 1 heterocycles. The van der Waals surface area contributed by atoms with E-state index in [1.807, 2.05) is 24.3 Å². The second-order valence-electron chi connectivity index (χ2n) is 6.23. The fraction of sp³-hybridized carbons (Fsp3) is 0.412. The number of allylic oxidation sites excluding steroid dienone is 2. The Kier molecular flexibility index (Phi) is 3.17. The van der Waals surface area contributed by atoms with E-state index in [1.54, 1.807) is 0 Å². The van der Waals surface area contributed by atoms with Gasteiger partial charge in [0.1, 0.15) is 0 Å². The van der Waals surface area contributed by atoms with Gasteiger partial charge in [-0.1, -0.05) is 24.3 Å². The van der Waals surface area contributed by atoms with Crippen molar-refractivity contribution >= 4 is 34.4 Å². The molecule has 0 radical (unpaired) electrons. The van der Waals surface area contributed by atoms with Gasteiger partial charge in [0, 0.05) is 3.57 Å². The summed E-state index contributed by atoms with van der Waals surface area (Å²) in [5.41, 5.74) is 1.02. The SMILES string of the molecule is O=C1C2C3C=CC(CC3)C2C(=O)N1Cc1ccc(I)cc1. The van der Waals surface area contributed by atoms with Gasteiger partial charge in [-0.05, 0) is 65.0 Å². The molecule has 0 N–H and O–H groups in total. The number of nitrogens with zero attached hydrogens (tertiary/aromatic N) is 1. The van der Waals surface area contributed by atoms with Crippen molar-refractivity contribution < 1.29 is 9.59 Å². The molecule has 4 aliphatic rings. The van der Waals surface area contributed by atoms with Crippen LogP contribution in [0.5, 0.6) is 0 Å². The first-order valence-electron chi connectivity index (χ1n) is 7.43. The van der Waals surface area contributed by atoms with Gasteiger partial charge >= 0.3 is 0 Å². The Labute approximate surface area is 137 Å². The second-order valence-corrected chi connectivity index (χ2v) is 7.48. The zero-order chi connectivity index (χ0) is 14.6. The van der Waals surface area contributed by atoms with Crippen molar-refractivity contribution in [3.05, 3.63) is 45.6 Å². The van der Waals surface area contributed by atoms with Crippen LogP contribution in [0.15, 0.2) is 36.4 Å². The molecule has 108 valence electrons. The minimum Gasteiger partial charge on any atom is -0.278 e. The predicted molar refractivity (Wildman–Crippen MR) is 87.1 cm³/mol. The average molecular weight is 393 g/mol. The van der Waals surface area contributed by atoms with Crippen LogP contribution >= 0.6 is 22.6 Å². The second kappa shape index (κ2) is 4.93. The quantitative estimate of drug-likeness (QED) is 0.440. The van der Waals surface area contributed by atoms with Gasteiger partial charge in [-0.3, -0.25) is 14.5 Å². The molecule has 1 saturated carbocycles. The van der Waals surface area contributed by atoms with Crippen LogP contribution in [0.2, 0.25) is 0 Å². The van der Waals surface area contributed by atoms with Gasteiger partial charge in [0.05, 0.1) is 18.4 Å². The first-order chi connectivity index (χ1) is 10.1. The first-order valence-corrected chi connectivity index (χ1v) is 8.51. The summed E-state index contributed by atoms with van der Waals surface area (Å²) in [6.45, 7) is 0.418. The number of halogens is 1. The first kappa shape index (κ1) is 13.5. The zero-order valence-corrected chi connectivity index (χ0v) is 13.7. The van der Waals surface area contributed by atoms with Crippen molar-refractivity contribution in [3.63, 3.8) is 0 Å². The molecule has 4 heteroatoms. The van der Waals surface area contributed by atoms with E-state index < -0.39 is 0 Å². The molecule has 4 unspecified atom stereocenters. The normalized spacial score (nSPS) is 33.7. The predicted octanol–water partition coefficient (Wildman–Crippen LogP) is 2.99. The van der Waals surface area contributed by atoms with Crippen LogP contribution < -0.4 is 0 Å². The van der Waals surface area contributed by atoms with Crippen LogP contribution in [0.4, 0.5) is 0 Å². The molecule has 0 spiro atoms. The summed E-state index contributed by atoms with van der Waals surface area (Å²) in [5.74, 6) is 0.455. The molecule has 0 aromatic heterocycles. The van der Waals surface area contributed by atoms with E-state index in [-0.39, 0.29) is 35.5 Å². The summed E-state index contributed by atoms with van der Waals surface area (Å²) in [4.78, 5) is 26.9. The largest absolute Gasteiger partial charge is 0.278 e. The van der Waals surface area contributed by atoms with Crippen molar-refractivity contribution in [2.45, 2.75) is 19.4 Å². The number of rotatable bonds is 2. The zero-order valence-electron chi connectivity index (χ0n) is 11.5. The van der Waals surface area contributed by atoms with Crippen molar-refractivity contribution in [2.24, 2.45) is 23.7 Å². The van der Waals surface area contributed by atoms with Crippen LogP contribution in [0, 0.1) is 27.2 Å². The van der Waals surface area contributed by atoms with E-state index >= 15 is 0 Å². The van der Waals surface area contributed by atoms with Crippen molar-refractivity contribution in [1.82, 2.24) is 4.90 Å². The fourth-order valence-corrected chi connectivity index (χ4v) is 4.42. The van der Waals surface area contributed by atoms with Gasteiger partial charge in [0.25, 0.3) is 0 Å². The minimum absolute atomic E-state index is 0.0441. The lowest BCUT2D eigenvalue weighted by Crippen LogP contribution is -2.38. The van der Waals surface area contributed by atoms with Crippen molar-refractivity contribution in [1.29, 1.82) is 0 Å². The van der Waals surface area contributed by atoms with E-state index in [0.29, 0.717) is 6.54 Å². The summed E-state index contributed by atoms with van der Waals surface area (Å²) in [5, 5.41) is 0. The highest BCUT2D eigenvalue weighted by Gasteiger charge is 2.56. The number of fused-ring (bicyclic) bond motifs is 1. The van der Waals surface area contributed by atoms with E-state index in [1.165, 1.54) is 4.90 Å². The molecule has 2 bridgehead atoms. The van der Waals surface area contributed by atoms with Crippen LogP contribution in [0.25, 0.3) is 0 Å². The van der Waals surface area contributed by atoms with E-state index in [4.69, 9.17) is 0 Å². The van der Waals surface area contributed by atoms with E-state index in [9.17, 15) is 9.59 Å². The summed E-state index contributed by atoms with van der Waals surface area (Å²) in [6, 6.07) is 8.02. The van der Waals surface area contributed by atoms with Gasteiger partial charge < -0.3 is 0 Å². The molecule has 1 aromatic rings. The molecule has 1 saturated heterocycles. The minimum atomic E-state index is -0.0925. The number of hydrogen-bond donors (Lipinski definition) is 0. The Bertz CT molecular complexity index is 605. The van der Waals surface area contributed by atoms with Gasteiger partial charge in [-0.15, -0.1) is 0 Å². The Morgan fingerprint density at radius 1 is 0.952 bits per heavy atom. The average Bonchev–Trinajstić information content (AvgIpc) is 2.78. The molecule has 21 heavy (non-hydrogen) atoms. The third kappa shape index (κ3) is 2.06. The highest BCUT2D eigenvalue weighted by atomic mass is 127. The summed E-state index contributed by atoms with van der Waals surface area (Å²) in [6.07, 6.45) is 6.43. The number of imide groups is 1.